The van der Waals surface area contributed by atoms with Gasteiger partial charge in [0, 0.05) is 18.8 Å². The van der Waals surface area contributed by atoms with Crippen LogP contribution in [0.15, 0.2) is 0 Å². The number of esters is 1. The number of carbonyl (C=O) groups is 1. The molecule has 2 N–H and O–H groups in total. The van der Waals surface area contributed by atoms with Gasteiger partial charge in [0.2, 0.25) is 0 Å². The largest absolute Gasteiger partial charge is 0.472 e. The van der Waals surface area contributed by atoms with E-state index in [0.717, 1.165) is 38.5 Å². The lowest BCUT2D eigenvalue weighted by Crippen LogP contribution is -2.37. The molecule has 1 unspecified atom stereocenters. The maximum atomic E-state index is 11.9. The normalized spacial score (nSPS) is 20.5. The molecular weight excluding hydrogens is 445 g/mol. The van der Waals surface area contributed by atoms with E-state index in [0.29, 0.717) is 30.3 Å². The number of phosphoric acid groups is 1. The Bertz CT molecular complexity index is 840. The van der Waals surface area contributed by atoms with Crippen molar-refractivity contribution in [2.45, 2.75) is 103 Å². The summed E-state index contributed by atoms with van der Waals surface area (Å²) in [4.78, 5) is 21.5. The van der Waals surface area contributed by atoms with Crippen LogP contribution in [0.5, 0.6) is 0 Å². The molecule has 0 bridgehead atoms. The summed E-state index contributed by atoms with van der Waals surface area (Å²) in [5.41, 5.74) is 0. The summed E-state index contributed by atoms with van der Waals surface area (Å²) in [5.74, 6) is -0.489. The maximum Gasteiger partial charge on any atom is 0.472 e. The van der Waals surface area contributed by atoms with Crippen molar-refractivity contribution in [1.29, 1.82) is 0 Å². The second kappa shape index (κ2) is 19.8. The minimum Gasteiger partial charge on any atom is -0.463 e. The standard InChI is InChI=1S/C24H50NO7P/c1-5-6-7-8-9-10-11-12-13-14-15-16-17-18-24(27)30-21-23(26)22-32-33(28,29)31-20-19-25(2,3)4/h23,26H,5-22H2,1-4H3/p+1/t23-/m1/s1/i1D3,5D2,6D2,7D2. The quantitative estimate of drug-likeness (QED) is 0.0850. The molecule has 0 fully saturated rings. The molecule has 0 rings (SSSR count). The Morgan fingerprint density at radius 3 is 2.09 bits per heavy atom. The number of aliphatic hydroxyl groups is 1. The van der Waals surface area contributed by atoms with Crippen molar-refractivity contribution in [3.8, 4) is 0 Å². The zero-order chi connectivity index (χ0) is 32.9. The Hall–Kier alpha value is -0.500. The first kappa shape index (κ1) is 19.7. The van der Waals surface area contributed by atoms with E-state index in [9.17, 15) is 19.4 Å². The van der Waals surface area contributed by atoms with E-state index in [-0.39, 0.29) is 26.1 Å². The molecular formula is C24H51NO7P+. The lowest BCUT2D eigenvalue weighted by atomic mass is 10.0. The molecule has 0 aromatic heterocycles. The number of nitrogens with zero attached hydrogens (tertiary/aromatic N) is 1. The number of ether oxygens (including phenoxy) is 1. The average molecular weight is 506 g/mol. The first-order valence-electron chi connectivity index (χ1n) is 16.2. The molecule has 0 saturated carbocycles. The van der Waals surface area contributed by atoms with Gasteiger partial charge in [-0.25, -0.2) is 4.57 Å². The lowest BCUT2D eigenvalue weighted by Gasteiger charge is -2.24. The molecule has 0 aliphatic rings. The highest BCUT2D eigenvalue weighted by Gasteiger charge is 2.24. The molecule has 198 valence electrons. The van der Waals surface area contributed by atoms with Crippen LogP contribution in [-0.4, -0.2) is 74.1 Å². The van der Waals surface area contributed by atoms with Gasteiger partial charge in [0.1, 0.15) is 25.9 Å². The van der Waals surface area contributed by atoms with Crippen LogP contribution in [0.25, 0.3) is 0 Å². The van der Waals surface area contributed by atoms with Gasteiger partial charge < -0.3 is 19.2 Å². The van der Waals surface area contributed by atoms with Gasteiger partial charge in [-0.3, -0.25) is 13.8 Å². The fourth-order valence-corrected chi connectivity index (χ4v) is 3.53. The Labute approximate surface area is 214 Å². The molecule has 0 radical (unpaired) electrons. The highest BCUT2D eigenvalue weighted by molar-refractivity contribution is 7.47. The van der Waals surface area contributed by atoms with Crippen molar-refractivity contribution in [1.82, 2.24) is 0 Å². The van der Waals surface area contributed by atoms with E-state index in [4.69, 9.17) is 26.1 Å². The van der Waals surface area contributed by atoms with Gasteiger partial charge in [-0.1, -0.05) is 83.8 Å². The molecule has 8 nitrogen and oxygen atoms in total. The van der Waals surface area contributed by atoms with Gasteiger partial charge in [0.25, 0.3) is 0 Å². The van der Waals surface area contributed by atoms with Gasteiger partial charge in [-0.15, -0.1) is 0 Å². The molecule has 9 heteroatoms. The number of phosphoric ester groups is 1. The predicted molar refractivity (Wildman–Crippen MR) is 132 cm³/mol. The van der Waals surface area contributed by atoms with E-state index >= 15 is 0 Å². The predicted octanol–water partition coefficient (Wildman–Crippen LogP) is 5.21. The summed E-state index contributed by atoms with van der Waals surface area (Å²) in [6.45, 7) is -3.67. The highest BCUT2D eigenvalue weighted by atomic mass is 31.2. The minimum atomic E-state index is -4.31. The number of rotatable bonds is 23. The van der Waals surface area contributed by atoms with Crippen LogP contribution in [0.2, 0.25) is 0 Å². The van der Waals surface area contributed by atoms with E-state index in [1.54, 1.807) is 0 Å². The molecule has 0 aromatic rings. The van der Waals surface area contributed by atoms with Gasteiger partial charge in [-0.05, 0) is 6.42 Å². The first-order chi connectivity index (χ1) is 19.0. The topological polar surface area (TPSA) is 102 Å². The molecule has 0 spiro atoms. The Morgan fingerprint density at radius 1 is 0.939 bits per heavy atom. The smallest absolute Gasteiger partial charge is 0.463 e. The zero-order valence-corrected chi connectivity index (χ0v) is 21.4. The number of hydrogen-bond acceptors (Lipinski definition) is 6. The van der Waals surface area contributed by atoms with Gasteiger partial charge in [0.15, 0.2) is 0 Å². The van der Waals surface area contributed by atoms with Gasteiger partial charge >= 0.3 is 13.8 Å². The van der Waals surface area contributed by atoms with Crippen molar-refractivity contribution in [3.05, 3.63) is 0 Å². The number of carbonyl (C=O) groups excluding carboxylic acids is 1. The van der Waals surface area contributed by atoms with Gasteiger partial charge in [-0.2, -0.15) is 0 Å². The monoisotopic (exact) mass is 505 g/mol. The number of hydrogen-bond donors (Lipinski definition) is 2. The maximum absolute atomic E-state index is 11.9. The van der Waals surface area contributed by atoms with Crippen molar-refractivity contribution in [2.75, 3.05) is 47.5 Å². The van der Waals surface area contributed by atoms with Crippen LogP contribution >= 0.6 is 7.82 Å². The highest BCUT2D eigenvalue weighted by Crippen LogP contribution is 2.43. The molecule has 2 atom stereocenters. The van der Waals surface area contributed by atoms with Crippen LogP contribution in [0.1, 0.15) is 109 Å². The summed E-state index contributed by atoms with van der Waals surface area (Å²) in [7, 11) is 1.38. The summed E-state index contributed by atoms with van der Waals surface area (Å²) in [5, 5.41) is 9.83. The number of unbranched alkanes of at least 4 members (excludes halogenated alkanes) is 8. The van der Waals surface area contributed by atoms with Crippen LogP contribution in [0.4, 0.5) is 0 Å². The summed E-state index contributed by atoms with van der Waals surface area (Å²) >= 11 is 0. The first-order valence-corrected chi connectivity index (χ1v) is 13.2. The second-order valence-electron chi connectivity index (χ2n) is 9.06. The van der Waals surface area contributed by atoms with Crippen molar-refractivity contribution < 1.29 is 50.0 Å². The molecule has 0 aliphatic heterocycles. The lowest BCUT2D eigenvalue weighted by molar-refractivity contribution is -0.870. The molecule has 0 amide bonds. The van der Waals surface area contributed by atoms with Crippen molar-refractivity contribution >= 4 is 13.8 Å². The Morgan fingerprint density at radius 2 is 1.52 bits per heavy atom. The molecule has 0 aromatic carbocycles. The Kier molecular flexibility index (Phi) is 11.8. The van der Waals surface area contributed by atoms with E-state index < -0.39 is 52.5 Å². The van der Waals surface area contributed by atoms with Crippen LogP contribution < -0.4 is 0 Å². The fraction of sp³-hybridized carbons (Fsp3) is 0.958. The number of likely N-dealkylation sites (N-methyl/N-ethyl adjacent to an activating group) is 1. The van der Waals surface area contributed by atoms with E-state index in [2.05, 4.69) is 0 Å². The fourth-order valence-electron chi connectivity index (χ4n) is 2.78. The average Bonchev–Trinajstić information content (AvgIpc) is 2.82. The number of quaternary nitrogens is 1. The summed E-state index contributed by atoms with van der Waals surface area (Å²) < 4.78 is 95.5. The third-order valence-electron chi connectivity index (χ3n) is 4.72. The van der Waals surface area contributed by atoms with Crippen LogP contribution in [0.3, 0.4) is 0 Å². The van der Waals surface area contributed by atoms with Crippen LogP contribution in [0, 0.1) is 0 Å². The van der Waals surface area contributed by atoms with Crippen LogP contribution in [-0.2, 0) is 23.1 Å². The molecule has 0 heterocycles. The zero-order valence-electron chi connectivity index (χ0n) is 29.5. The number of aliphatic hydroxyl groups excluding tert-OH is 1. The van der Waals surface area contributed by atoms with E-state index in [1.165, 1.54) is 0 Å². The minimum absolute atomic E-state index is 0.00324. The SMILES string of the molecule is [2H]C([2H])([2H])C([2H])([2H])C([2H])([2H])C([2H])([2H])CCCCCCCCCCCC(=O)OC[C@@H](O)COP(=O)(O)OCC[N+](C)(C)C. The third-order valence-corrected chi connectivity index (χ3v) is 5.70. The molecule has 0 aliphatic carbocycles. The summed E-state index contributed by atoms with van der Waals surface area (Å²) in [6.07, 6.45) is -3.68. The van der Waals surface area contributed by atoms with Crippen molar-refractivity contribution in [3.63, 3.8) is 0 Å². The van der Waals surface area contributed by atoms with E-state index in [1.807, 2.05) is 21.1 Å². The summed E-state index contributed by atoms with van der Waals surface area (Å²) in [6, 6.07) is 0. The molecule has 0 saturated heterocycles. The van der Waals surface area contributed by atoms with Gasteiger partial charge in [0.05, 0.1) is 27.7 Å². The third kappa shape index (κ3) is 24.4. The van der Waals surface area contributed by atoms with Crippen molar-refractivity contribution in [2.24, 2.45) is 0 Å². The second-order valence-corrected chi connectivity index (χ2v) is 10.5. The molecule has 33 heavy (non-hydrogen) atoms. The Balaban J connectivity index is 3.93.